The number of aromatic amines is 1. The second kappa shape index (κ2) is 7.03. The smallest absolute Gasteiger partial charge is 0.266 e. The Kier molecular flexibility index (Phi) is 4.92. The van der Waals surface area contributed by atoms with Crippen molar-refractivity contribution in [2.45, 2.75) is 26.0 Å². The molecule has 1 atom stereocenters. The van der Waals surface area contributed by atoms with Gasteiger partial charge in [-0.05, 0) is 18.6 Å². The van der Waals surface area contributed by atoms with Crippen molar-refractivity contribution in [2.75, 3.05) is 19.0 Å². The Morgan fingerprint density at radius 2 is 2.04 bits per heavy atom. The number of halogens is 3. The molecule has 0 spiro atoms. The number of benzene rings is 1. The van der Waals surface area contributed by atoms with Crippen LogP contribution in [0.3, 0.4) is 0 Å². The average Bonchev–Trinajstić information content (AvgIpc) is 2.99. The molecule has 0 aliphatic heterocycles. The second-order valence-electron chi connectivity index (χ2n) is 6.29. The quantitative estimate of drug-likeness (QED) is 0.709. The summed E-state index contributed by atoms with van der Waals surface area (Å²) in [5.41, 5.74) is -0.445. The van der Waals surface area contributed by atoms with Crippen LogP contribution in [0.1, 0.15) is 36.2 Å². The van der Waals surface area contributed by atoms with Gasteiger partial charge in [0.05, 0.1) is 18.2 Å². The number of hydrogen-bond donors (Lipinski definition) is 2. The maximum atomic E-state index is 14.0. The van der Waals surface area contributed by atoms with Crippen LogP contribution in [0.25, 0.3) is 11.0 Å². The molecule has 10 heteroatoms. The summed E-state index contributed by atoms with van der Waals surface area (Å²) in [5, 5.41) is 13.9. The summed E-state index contributed by atoms with van der Waals surface area (Å²) in [6.07, 6.45) is -2.91. The SMILES string of the molecule is C[C@H](c1ccc(C(F)F)c(F)c1)n1nc(CO)c2c(=O)[nH]c(N(C)C)nc21. The molecule has 3 aromatic rings. The highest BCUT2D eigenvalue weighted by Gasteiger charge is 2.22. The second-order valence-corrected chi connectivity index (χ2v) is 6.29. The minimum Gasteiger partial charge on any atom is -0.390 e. The summed E-state index contributed by atoms with van der Waals surface area (Å²) in [7, 11) is 3.39. The van der Waals surface area contributed by atoms with Crippen LogP contribution in [0.15, 0.2) is 23.0 Å². The molecule has 0 saturated heterocycles. The average molecular weight is 381 g/mol. The van der Waals surface area contributed by atoms with E-state index in [2.05, 4.69) is 15.1 Å². The first-order valence-corrected chi connectivity index (χ1v) is 8.11. The number of nitrogens with one attached hydrogen (secondary N) is 1. The van der Waals surface area contributed by atoms with Crippen molar-refractivity contribution in [3.05, 3.63) is 51.2 Å². The third-order valence-electron chi connectivity index (χ3n) is 4.30. The van der Waals surface area contributed by atoms with Gasteiger partial charge in [0, 0.05) is 14.1 Å². The molecule has 0 amide bonds. The topological polar surface area (TPSA) is 87.0 Å². The van der Waals surface area contributed by atoms with Gasteiger partial charge in [0.25, 0.3) is 12.0 Å². The van der Waals surface area contributed by atoms with E-state index in [1.165, 1.54) is 10.7 Å². The Balaban J connectivity index is 2.18. The number of alkyl halides is 2. The number of aliphatic hydroxyl groups is 1. The zero-order valence-electron chi connectivity index (χ0n) is 14.9. The molecule has 0 saturated carbocycles. The highest BCUT2D eigenvalue weighted by molar-refractivity contribution is 5.78. The van der Waals surface area contributed by atoms with Crippen molar-refractivity contribution in [3.8, 4) is 0 Å². The fraction of sp³-hybridized carbons (Fsp3) is 0.353. The van der Waals surface area contributed by atoms with Gasteiger partial charge in [-0.2, -0.15) is 10.1 Å². The van der Waals surface area contributed by atoms with Crippen LogP contribution in [0, 0.1) is 5.82 Å². The Hall–Kier alpha value is -2.88. The van der Waals surface area contributed by atoms with Crippen LogP contribution in [-0.4, -0.2) is 39.0 Å². The fourth-order valence-corrected chi connectivity index (χ4v) is 2.82. The van der Waals surface area contributed by atoms with Crippen LogP contribution in [-0.2, 0) is 6.61 Å². The van der Waals surface area contributed by atoms with Gasteiger partial charge in [-0.25, -0.2) is 17.9 Å². The van der Waals surface area contributed by atoms with Gasteiger partial charge in [-0.15, -0.1) is 0 Å². The van der Waals surface area contributed by atoms with Gasteiger partial charge >= 0.3 is 0 Å². The molecule has 1 aromatic carbocycles. The summed E-state index contributed by atoms with van der Waals surface area (Å²) >= 11 is 0. The number of aromatic nitrogens is 4. The number of aliphatic hydroxyl groups excluding tert-OH is 1. The van der Waals surface area contributed by atoms with Gasteiger partial charge in [-0.1, -0.05) is 12.1 Å². The first-order valence-electron chi connectivity index (χ1n) is 8.11. The standard InChI is InChI=1S/C17H18F3N5O2/c1-8(9-4-5-10(14(19)20)11(18)6-9)25-15-13(12(7-26)23-25)16(27)22-17(21-15)24(2)3/h4-6,8,14,26H,7H2,1-3H3,(H,21,22,27)/t8-/m1/s1. The van der Waals surface area contributed by atoms with Crippen molar-refractivity contribution in [1.29, 1.82) is 0 Å². The number of anilines is 1. The lowest BCUT2D eigenvalue weighted by Gasteiger charge is -2.16. The van der Waals surface area contributed by atoms with Crippen LogP contribution in [0.5, 0.6) is 0 Å². The van der Waals surface area contributed by atoms with E-state index in [0.717, 1.165) is 12.1 Å². The van der Waals surface area contributed by atoms with Gasteiger partial charge in [0.1, 0.15) is 16.9 Å². The third-order valence-corrected chi connectivity index (χ3v) is 4.30. The maximum absolute atomic E-state index is 14.0. The maximum Gasteiger partial charge on any atom is 0.266 e. The molecule has 0 radical (unpaired) electrons. The Labute approximate surface area is 152 Å². The highest BCUT2D eigenvalue weighted by Crippen LogP contribution is 2.28. The molecule has 27 heavy (non-hydrogen) atoms. The van der Waals surface area contributed by atoms with Crippen molar-refractivity contribution in [1.82, 2.24) is 19.7 Å². The number of hydrogen-bond acceptors (Lipinski definition) is 5. The van der Waals surface area contributed by atoms with Crippen molar-refractivity contribution < 1.29 is 18.3 Å². The summed E-state index contributed by atoms with van der Waals surface area (Å²) in [4.78, 5) is 21.0. The highest BCUT2D eigenvalue weighted by atomic mass is 19.3. The molecule has 0 aliphatic carbocycles. The van der Waals surface area contributed by atoms with Crippen LogP contribution in [0.4, 0.5) is 19.1 Å². The minimum atomic E-state index is -2.91. The summed E-state index contributed by atoms with van der Waals surface area (Å²) in [6, 6.07) is 2.80. The van der Waals surface area contributed by atoms with Gasteiger partial charge in [-0.3, -0.25) is 9.78 Å². The summed E-state index contributed by atoms with van der Waals surface area (Å²) in [6.45, 7) is 1.18. The number of fused-ring (bicyclic) bond motifs is 1. The first-order chi connectivity index (χ1) is 12.7. The molecule has 2 heterocycles. The van der Waals surface area contributed by atoms with E-state index >= 15 is 0 Å². The van der Waals surface area contributed by atoms with E-state index in [1.807, 2.05) is 0 Å². The summed E-state index contributed by atoms with van der Waals surface area (Å²) in [5.74, 6) is -0.738. The number of nitrogens with zero attached hydrogens (tertiary/aromatic N) is 4. The monoisotopic (exact) mass is 381 g/mol. The van der Waals surface area contributed by atoms with E-state index in [1.54, 1.807) is 25.9 Å². The zero-order chi connectivity index (χ0) is 19.9. The van der Waals surface area contributed by atoms with Gasteiger partial charge < -0.3 is 10.0 Å². The normalized spacial score (nSPS) is 12.7. The van der Waals surface area contributed by atoms with E-state index in [4.69, 9.17) is 0 Å². The first kappa shape index (κ1) is 18.9. The predicted octanol–water partition coefficient (Wildman–Crippen LogP) is 2.36. The zero-order valence-corrected chi connectivity index (χ0v) is 14.9. The number of rotatable bonds is 5. The van der Waals surface area contributed by atoms with E-state index < -0.39 is 36.0 Å². The largest absolute Gasteiger partial charge is 0.390 e. The Bertz CT molecular complexity index is 1040. The van der Waals surface area contributed by atoms with Crippen LogP contribution < -0.4 is 10.5 Å². The minimum absolute atomic E-state index is 0.125. The van der Waals surface area contributed by atoms with E-state index in [9.17, 15) is 23.1 Å². The van der Waals surface area contributed by atoms with Crippen LogP contribution >= 0.6 is 0 Å². The fourth-order valence-electron chi connectivity index (χ4n) is 2.82. The molecule has 0 fully saturated rings. The molecule has 144 valence electrons. The van der Waals surface area contributed by atoms with Crippen LogP contribution in [0.2, 0.25) is 0 Å². The van der Waals surface area contributed by atoms with Crippen molar-refractivity contribution >= 4 is 17.0 Å². The van der Waals surface area contributed by atoms with Crippen molar-refractivity contribution in [3.63, 3.8) is 0 Å². The predicted molar refractivity (Wildman–Crippen MR) is 93.6 cm³/mol. The molecular formula is C17H18F3N5O2. The lowest BCUT2D eigenvalue weighted by Crippen LogP contribution is -2.20. The van der Waals surface area contributed by atoms with Crippen molar-refractivity contribution in [2.24, 2.45) is 0 Å². The molecule has 7 nitrogen and oxygen atoms in total. The molecule has 0 aliphatic rings. The van der Waals surface area contributed by atoms with Gasteiger partial charge in [0.15, 0.2) is 5.65 Å². The third kappa shape index (κ3) is 3.27. The molecular weight excluding hydrogens is 363 g/mol. The van der Waals surface area contributed by atoms with Gasteiger partial charge in [0.2, 0.25) is 5.95 Å². The molecule has 3 rings (SSSR count). The molecule has 0 unspecified atom stereocenters. The molecule has 0 bridgehead atoms. The molecule has 2 N–H and O–H groups in total. The lowest BCUT2D eigenvalue weighted by atomic mass is 10.1. The Morgan fingerprint density at radius 1 is 1.33 bits per heavy atom. The summed E-state index contributed by atoms with van der Waals surface area (Å²) < 4.78 is 40.9. The van der Waals surface area contributed by atoms with E-state index in [-0.39, 0.29) is 22.7 Å². The molecule has 2 aromatic heterocycles. The number of H-pyrrole nitrogens is 1. The van der Waals surface area contributed by atoms with E-state index in [0.29, 0.717) is 5.56 Å². The Morgan fingerprint density at radius 3 is 2.59 bits per heavy atom. The lowest BCUT2D eigenvalue weighted by molar-refractivity contribution is 0.146.